The molecule has 0 saturated heterocycles. The number of hydrogen-bond acceptors (Lipinski definition) is 8. The molecule has 0 aliphatic heterocycles. The zero-order valence-corrected chi connectivity index (χ0v) is 24.0. The number of methoxy groups -OCH3 is 2. The van der Waals surface area contributed by atoms with Crippen molar-refractivity contribution in [3.63, 3.8) is 0 Å². The van der Waals surface area contributed by atoms with E-state index in [1.165, 1.54) is 7.11 Å². The number of carboxylic acid groups (broad SMARTS) is 4. The molecule has 0 saturated carbocycles. The SMILES string of the molecule is CCC(OC)C(C(=O)[O-])C(CC(OC)C(C(=O)O)C(C)C(=O)O)C(=O)[O-].[Ca+2].[Na+].[Na+]. The number of rotatable bonds is 13. The van der Waals surface area contributed by atoms with E-state index in [9.17, 15) is 34.5 Å². The number of carboxylic acids is 4. The molecule has 0 rings (SSSR count). The normalized spacial score (nSPS) is 16.3. The molecule has 0 heterocycles. The third-order valence-electron chi connectivity index (χ3n) is 4.52. The maximum atomic E-state index is 11.6. The molecule has 6 unspecified atom stereocenters. The van der Waals surface area contributed by atoms with Crippen LogP contribution in [0.1, 0.15) is 26.7 Å². The number of aliphatic carboxylic acids is 4. The Morgan fingerprint density at radius 3 is 1.55 bits per heavy atom. The molecule has 0 amide bonds. The van der Waals surface area contributed by atoms with E-state index in [4.69, 9.17) is 14.6 Å². The minimum Gasteiger partial charge on any atom is -0.550 e. The van der Waals surface area contributed by atoms with Gasteiger partial charge in [0.2, 0.25) is 0 Å². The molecule has 29 heavy (non-hydrogen) atoms. The van der Waals surface area contributed by atoms with Crippen LogP contribution in [-0.2, 0) is 28.7 Å². The molecule has 2 N–H and O–H groups in total. The van der Waals surface area contributed by atoms with Crippen molar-refractivity contribution >= 4 is 61.6 Å². The topological polar surface area (TPSA) is 173 Å². The fraction of sp³-hybridized carbons (Fsp3) is 0.750. The van der Waals surface area contributed by atoms with Gasteiger partial charge in [-0.2, -0.15) is 0 Å². The first-order valence-electron chi connectivity index (χ1n) is 7.96. The quantitative estimate of drug-likeness (QED) is 0.250. The molecule has 0 bridgehead atoms. The minimum absolute atomic E-state index is 0. The molecular weight excluding hydrogens is 438 g/mol. The zero-order valence-electron chi connectivity index (χ0n) is 17.7. The van der Waals surface area contributed by atoms with Crippen LogP contribution in [-0.4, -0.2) is 98.3 Å². The average Bonchev–Trinajstić information content (AvgIpc) is 2.55. The van der Waals surface area contributed by atoms with E-state index in [1.807, 2.05) is 0 Å². The van der Waals surface area contributed by atoms with Crippen molar-refractivity contribution in [2.45, 2.75) is 38.9 Å². The average molecular weight is 462 g/mol. The second-order valence-electron chi connectivity index (χ2n) is 5.95. The van der Waals surface area contributed by atoms with Gasteiger partial charge in [0.05, 0.1) is 24.0 Å². The van der Waals surface area contributed by atoms with E-state index in [-0.39, 0.29) is 103 Å². The fourth-order valence-electron chi connectivity index (χ4n) is 3.02. The summed E-state index contributed by atoms with van der Waals surface area (Å²) in [6.07, 6.45) is -2.82. The molecule has 10 nitrogen and oxygen atoms in total. The summed E-state index contributed by atoms with van der Waals surface area (Å²) in [6.45, 7) is 2.72. The van der Waals surface area contributed by atoms with Gasteiger partial charge in [-0.1, -0.05) is 13.8 Å². The van der Waals surface area contributed by atoms with E-state index in [0.29, 0.717) is 0 Å². The van der Waals surface area contributed by atoms with Gasteiger partial charge >= 0.3 is 109 Å². The van der Waals surface area contributed by atoms with Crippen molar-refractivity contribution in [1.82, 2.24) is 0 Å². The molecule has 0 aromatic carbocycles. The number of carbonyl (C=O) groups excluding carboxylic acids is 2. The Kier molecular flexibility index (Phi) is 24.0. The Balaban J connectivity index is -0.00000104. The van der Waals surface area contributed by atoms with Crippen molar-refractivity contribution in [2.24, 2.45) is 23.7 Å². The van der Waals surface area contributed by atoms with Gasteiger partial charge in [-0.15, -0.1) is 0 Å². The van der Waals surface area contributed by atoms with E-state index in [1.54, 1.807) is 6.92 Å². The summed E-state index contributed by atoms with van der Waals surface area (Å²) < 4.78 is 10.0. The van der Waals surface area contributed by atoms with Crippen LogP contribution >= 0.6 is 0 Å². The molecule has 0 aliphatic rings. The number of carbonyl (C=O) groups is 4. The smallest absolute Gasteiger partial charge is 0.550 e. The van der Waals surface area contributed by atoms with Crippen molar-refractivity contribution in [3.8, 4) is 0 Å². The van der Waals surface area contributed by atoms with Crippen LogP contribution in [0.15, 0.2) is 0 Å². The minimum atomic E-state index is -1.75. The first kappa shape index (κ1) is 37.4. The monoisotopic (exact) mass is 462 g/mol. The van der Waals surface area contributed by atoms with Gasteiger partial charge in [0, 0.05) is 38.0 Å². The van der Waals surface area contributed by atoms with Gasteiger partial charge in [0.25, 0.3) is 0 Å². The molecule has 0 aliphatic carbocycles. The van der Waals surface area contributed by atoms with Crippen LogP contribution in [0.2, 0.25) is 0 Å². The Hall–Kier alpha value is 1.06. The van der Waals surface area contributed by atoms with Crippen LogP contribution < -0.4 is 69.3 Å². The number of hydrogen-bond donors (Lipinski definition) is 2. The van der Waals surface area contributed by atoms with Crippen LogP contribution in [0.25, 0.3) is 0 Å². The molecular formula is C16H24CaNa2O10+2. The van der Waals surface area contributed by atoms with Crippen LogP contribution in [0.5, 0.6) is 0 Å². The second-order valence-corrected chi connectivity index (χ2v) is 5.95. The summed E-state index contributed by atoms with van der Waals surface area (Å²) in [5.41, 5.74) is 0. The summed E-state index contributed by atoms with van der Waals surface area (Å²) in [6, 6.07) is 0. The predicted molar refractivity (Wildman–Crippen MR) is 87.2 cm³/mol. The van der Waals surface area contributed by atoms with Crippen molar-refractivity contribution in [3.05, 3.63) is 0 Å². The van der Waals surface area contributed by atoms with Gasteiger partial charge in [-0.3, -0.25) is 9.59 Å². The Morgan fingerprint density at radius 1 is 0.862 bits per heavy atom. The molecule has 0 aromatic rings. The van der Waals surface area contributed by atoms with E-state index in [0.717, 1.165) is 14.0 Å². The first-order valence-corrected chi connectivity index (χ1v) is 7.96. The molecule has 13 heteroatoms. The standard InChI is InChI=1S/C16H26O10.Ca.2Na/c1-5-9(25-3)12(16(23)24)8(14(19)20)6-10(26-4)11(15(21)22)7(2)13(17)18;;;/h7-12H,5-6H2,1-4H3,(H,17,18)(H,19,20)(H,21,22)(H,23,24);;;/q;+2;2*+1/p-2. The zero-order chi connectivity index (χ0) is 20.6. The molecule has 0 fully saturated rings. The molecule has 6 atom stereocenters. The maximum absolute atomic E-state index is 11.6. The summed E-state index contributed by atoms with van der Waals surface area (Å²) in [5.74, 6) is -12.7. The van der Waals surface area contributed by atoms with Gasteiger partial charge < -0.3 is 39.5 Å². The van der Waals surface area contributed by atoms with Gasteiger partial charge in [-0.05, 0) is 12.8 Å². The van der Waals surface area contributed by atoms with Gasteiger partial charge in [0.15, 0.2) is 0 Å². The van der Waals surface area contributed by atoms with Gasteiger partial charge in [-0.25, -0.2) is 0 Å². The van der Waals surface area contributed by atoms with Crippen molar-refractivity contribution < 1.29 is 108 Å². The Bertz CT molecular complexity index is 530. The molecule has 0 radical (unpaired) electrons. The van der Waals surface area contributed by atoms with Crippen LogP contribution in [0.3, 0.4) is 0 Å². The molecule has 0 spiro atoms. The van der Waals surface area contributed by atoms with Crippen molar-refractivity contribution in [2.75, 3.05) is 14.2 Å². The van der Waals surface area contributed by atoms with Crippen molar-refractivity contribution in [1.29, 1.82) is 0 Å². The van der Waals surface area contributed by atoms with Crippen LogP contribution in [0, 0.1) is 23.7 Å². The van der Waals surface area contributed by atoms with E-state index >= 15 is 0 Å². The van der Waals surface area contributed by atoms with Gasteiger partial charge in [0.1, 0.15) is 0 Å². The molecule has 150 valence electrons. The first-order chi connectivity index (χ1) is 12.0. The summed E-state index contributed by atoms with van der Waals surface area (Å²) in [4.78, 5) is 45.7. The summed E-state index contributed by atoms with van der Waals surface area (Å²) >= 11 is 0. The Morgan fingerprint density at radius 2 is 1.31 bits per heavy atom. The molecule has 0 aromatic heterocycles. The fourth-order valence-corrected chi connectivity index (χ4v) is 3.02. The summed E-state index contributed by atoms with van der Waals surface area (Å²) in [7, 11) is 2.29. The maximum Gasteiger partial charge on any atom is 2.00 e. The third-order valence-corrected chi connectivity index (χ3v) is 4.52. The Labute approximate surface area is 243 Å². The third kappa shape index (κ3) is 11.5. The van der Waals surface area contributed by atoms with E-state index in [2.05, 4.69) is 0 Å². The summed E-state index contributed by atoms with van der Waals surface area (Å²) in [5, 5.41) is 41.5. The number of ether oxygens (including phenoxy) is 2. The van der Waals surface area contributed by atoms with E-state index < -0.39 is 66.2 Å². The predicted octanol–water partition coefficient (Wildman–Crippen LogP) is -8.40. The second kappa shape index (κ2) is 18.6. The van der Waals surface area contributed by atoms with Crippen LogP contribution in [0.4, 0.5) is 0 Å². The largest absolute Gasteiger partial charge is 2.00 e.